The van der Waals surface area contributed by atoms with Crippen LogP contribution in [0.3, 0.4) is 0 Å². The molecule has 3 aliphatic rings. The molecule has 47 heavy (non-hydrogen) atoms. The van der Waals surface area contributed by atoms with E-state index < -0.39 is 35.7 Å². The van der Waals surface area contributed by atoms with Crippen molar-refractivity contribution in [1.82, 2.24) is 31.5 Å². The third kappa shape index (κ3) is 13.2. The van der Waals surface area contributed by atoms with Crippen LogP contribution in [0.2, 0.25) is 0 Å². The lowest BCUT2D eigenvalue weighted by Gasteiger charge is -2.28. The monoisotopic (exact) mass is 720 g/mol. The van der Waals surface area contributed by atoms with E-state index in [2.05, 4.69) is 47.4 Å². The summed E-state index contributed by atoms with van der Waals surface area (Å²) >= 11 is 3.19. The summed E-state index contributed by atoms with van der Waals surface area (Å²) in [6.45, 7) is 2.77. The van der Waals surface area contributed by atoms with Crippen molar-refractivity contribution in [3.8, 4) is 0 Å². The fraction of sp³-hybridized carbons (Fsp3) is 0.735. The molecule has 0 radical (unpaired) electrons. The van der Waals surface area contributed by atoms with Gasteiger partial charge in [-0.1, -0.05) is 70.6 Å². The van der Waals surface area contributed by atoms with Gasteiger partial charge in [0.1, 0.15) is 12.1 Å². The van der Waals surface area contributed by atoms with Gasteiger partial charge in [-0.05, 0) is 78.7 Å². The molecule has 3 fully saturated rings. The van der Waals surface area contributed by atoms with Crippen LogP contribution in [0, 0.1) is 11.8 Å². The van der Waals surface area contributed by atoms with Crippen molar-refractivity contribution in [3.63, 3.8) is 0 Å². The zero-order valence-electron chi connectivity index (χ0n) is 27.6. The zero-order chi connectivity index (χ0) is 33.4. The summed E-state index contributed by atoms with van der Waals surface area (Å²) in [7, 11) is 0. The van der Waals surface area contributed by atoms with E-state index in [1.807, 2.05) is 0 Å². The lowest BCUT2D eigenvalue weighted by Crippen LogP contribution is -2.52. The minimum atomic E-state index is -0.834. The lowest BCUT2D eigenvalue weighted by molar-refractivity contribution is -0.130. The number of amides is 5. The maximum absolute atomic E-state index is 13.2. The maximum atomic E-state index is 13.2. The molecule has 2 atom stereocenters. The van der Waals surface area contributed by atoms with Crippen molar-refractivity contribution in [2.75, 3.05) is 39.3 Å². The molecular weight excluding hydrogens is 668 g/mol. The number of nitrogens with zero attached hydrogens (tertiary/aromatic N) is 1. The van der Waals surface area contributed by atoms with Gasteiger partial charge in [0.2, 0.25) is 23.6 Å². The lowest BCUT2D eigenvalue weighted by atomic mass is 9.84. The molecule has 262 valence electrons. The Bertz CT molecular complexity index is 1180. The van der Waals surface area contributed by atoms with Crippen LogP contribution in [0.15, 0.2) is 21.2 Å². The summed E-state index contributed by atoms with van der Waals surface area (Å²) in [5.41, 5.74) is 0. The van der Waals surface area contributed by atoms with E-state index in [0.717, 1.165) is 71.0 Å². The molecule has 4 rings (SSSR count). The molecule has 2 heterocycles. The van der Waals surface area contributed by atoms with Crippen LogP contribution in [-0.4, -0.2) is 85.8 Å². The Morgan fingerprint density at radius 3 is 1.85 bits per heavy atom. The predicted octanol–water partition coefficient (Wildman–Crippen LogP) is 3.40. The Morgan fingerprint density at radius 2 is 1.26 bits per heavy atom. The minimum Gasteiger partial charge on any atom is -0.444 e. The fourth-order valence-corrected chi connectivity index (χ4v) is 7.37. The van der Waals surface area contributed by atoms with E-state index in [1.54, 1.807) is 6.07 Å². The first-order valence-corrected chi connectivity index (χ1v) is 18.5. The van der Waals surface area contributed by atoms with Crippen LogP contribution in [0.1, 0.15) is 107 Å². The van der Waals surface area contributed by atoms with E-state index >= 15 is 0 Å². The minimum absolute atomic E-state index is 0.0829. The van der Waals surface area contributed by atoms with Gasteiger partial charge in [-0.25, -0.2) is 0 Å². The molecule has 2 aliphatic carbocycles. The van der Waals surface area contributed by atoms with Crippen LogP contribution in [0.5, 0.6) is 0 Å². The van der Waals surface area contributed by atoms with E-state index in [0.29, 0.717) is 35.9 Å². The van der Waals surface area contributed by atoms with Crippen LogP contribution in [0.25, 0.3) is 0 Å². The standard InChI is InChI=1S/C34H53BrN6O6/c35-29-15-14-28(47-29)34(46)40-27(21-25-12-6-2-7-13-25)33(45)38-22-30(42)37-23-31(43)39-26(20-24-10-4-1-5-11-24)32(44)36-16-19-41-17-8-3-9-18-41/h14-15,24-27H,1-13,16-23H2,(H,36,44)(H,37,42)(H,38,45)(H,39,43)(H,40,46)/t26-,27-/m0/s1. The van der Waals surface area contributed by atoms with Gasteiger partial charge in [0.15, 0.2) is 10.4 Å². The third-order valence-corrected chi connectivity index (χ3v) is 10.1. The third-order valence-electron chi connectivity index (χ3n) is 9.70. The highest BCUT2D eigenvalue weighted by molar-refractivity contribution is 9.10. The van der Waals surface area contributed by atoms with Crippen molar-refractivity contribution in [3.05, 3.63) is 22.6 Å². The van der Waals surface area contributed by atoms with Gasteiger partial charge in [0, 0.05) is 13.1 Å². The van der Waals surface area contributed by atoms with E-state index in [9.17, 15) is 24.0 Å². The Balaban J connectivity index is 1.23. The number of rotatable bonds is 16. The number of halogens is 1. The Morgan fingerprint density at radius 1 is 0.702 bits per heavy atom. The molecule has 0 spiro atoms. The SMILES string of the molecule is O=C(CNC(=O)[C@H](CC1CCCCC1)NC(=O)c1ccc(Br)o1)NCC(=O)N[C@@H](CC1CCCCC1)C(=O)NCCN1CCCCC1. The second-order valence-corrected chi connectivity index (χ2v) is 14.2. The molecule has 1 saturated heterocycles. The first-order valence-electron chi connectivity index (χ1n) is 17.7. The molecule has 5 amide bonds. The fourth-order valence-electron chi connectivity index (χ4n) is 7.06. The second kappa shape index (κ2) is 19.8. The molecule has 13 heteroatoms. The van der Waals surface area contributed by atoms with Crippen LogP contribution < -0.4 is 26.6 Å². The molecule has 2 saturated carbocycles. The van der Waals surface area contributed by atoms with E-state index in [4.69, 9.17) is 4.42 Å². The normalized spacial score (nSPS) is 19.3. The van der Waals surface area contributed by atoms with Crippen molar-refractivity contribution < 1.29 is 28.4 Å². The molecule has 0 unspecified atom stereocenters. The first kappa shape index (κ1) is 36.9. The first-order chi connectivity index (χ1) is 22.8. The van der Waals surface area contributed by atoms with Crippen LogP contribution in [-0.2, 0) is 19.2 Å². The highest BCUT2D eigenvalue weighted by Crippen LogP contribution is 2.28. The molecular formula is C34H53BrN6O6. The maximum Gasteiger partial charge on any atom is 0.287 e. The number of piperidine rings is 1. The van der Waals surface area contributed by atoms with E-state index in [-0.39, 0.29) is 24.8 Å². The second-order valence-electron chi connectivity index (χ2n) is 13.4. The molecule has 1 aliphatic heterocycles. The summed E-state index contributed by atoms with van der Waals surface area (Å²) in [5, 5.41) is 13.8. The van der Waals surface area contributed by atoms with Crippen molar-refractivity contribution in [1.29, 1.82) is 0 Å². The molecule has 0 aromatic carbocycles. The highest BCUT2D eigenvalue weighted by atomic mass is 79.9. The summed E-state index contributed by atoms with van der Waals surface area (Å²) in [6, 6.07) is 1.63. The van der Waals surface area contributed by atoms with Crippen molar-refractivity contribution in [2.24, 2.45) is 11.8 Å². The quantitative estimate of drug-likeness (QED) is 0.175. The number of hydrogen-bond donors (Lipinski definition) is 5. The van der Waals surface area contributed by atoms with Gasteiger partial charge in [0.25, 0.3) is 5.91 Å². The van der Waals surface area contributed by atoms with Gasteiger partial charge in [0.05, 0.1) is 13.1 Å². The number of nitrogens with one attached hydrogen (secondary N) is 5. The Labute approximate surface area is 286 Å². The highest BCUT2D eigenvalue weighted by Gasteiger charge is 2.29. The van der Waals surface area contributed by atoms with Crippen molar-refractivity contribution in [2.45, 2.75) is 108 Å². The number of likely N-dealkylation sites (tertiary alicyclic amines) is 1. The number of furan rings is 1. The molecule has 1 aromatic rings. The Hall–Kier alpha value is -2.93. The average Bonchev–Trinajstić information content (AvgIpc) is 3.53. The van der Waals surface area contributed by atoms with Gasteiger partial charge >= 0.3 is 0 Å². The summed E-state index contributed by atoms with van der Waals surface area (Å²) < 4.78 is 5.75. The smallest absolute Gasteiger partial charge is 0.287 e. The molecule has 12 nitrogen and oxygen atoms in total. The average molecular weight is 722 g/mol. The van der Waals surface area contributed by atoms with Gasteiger partial charge in [-0.2, -0.15) is 0 Å². The molecule has 1 aromatic heterocycles. The summed E-state index contributed by atoms with van der Waals surface area (Å²) in [4.78, 5) is 67.0. The number of hydrogen-bond acceptors (Lipinski definition) is 7. The number of carbonyl (C=O) groups excluding carboxylic acids is 5. The summed E-state index contributed by atoms with van der Waals surface area (Å²) in [5.74, 6) is -1.40. The van der Waals surface area contributed by atoms with Gasteiger partial charge in [-0.15, -0.1) is 0 Å². The predicted molar refractivity (Wildman–Crippen MR) is 181 cm³/mol. The largest absolute Gasteiger partial charge is 0.444 e. The van der Waals surface area contributed by atoms with Crippen LogP contribution >= 0.6 is 15.9 Å². The van der Waals surface area contributed by atoms with Crippen LogP contribution in [0.4, 0.5) is 0 Å². The summed E-state index contributed by atoms with van der Waals surface area (Å²) in [6.07, 6.45) is 15.5. The topological polar surface area (TPSA) is 162 Å². The molecule has 0 bridgehead atoms. The van der Waals surface area contributed by atoms with Gasteiger partial charge < -0.3 is 35.9 Å². The van der Waals surface area contributed by atoms with Crippen molar-refractivity contribution >= 4 is 45.5 Å². The zero-order valence-corrected chi connectivity index (χ0v) is 29.2. The Kier molecular flexibility index (Phi) is 15.5. The van der Waals surface area contributed by atoms with E-state index in [1.165, 1.54) is 38.2 Å². The van der Waals surface area contributed by atoms with Gasteiger partial charge in [-0.3, -0.25) is 24.0 Å². The molecule has 5 N–H and O–H groups in total. The number of carbonyl (C=O) groups is 5.